The van der Waals surface area contributed by atoms with Crippen LogP contribution in [0.4, 0.5) is 0 Å². The quantitative estimate of drug-likeness (QED) is 0.572. The Morgan fingerprint density at radius 1 is 1.00 bits per heavy atom. The number of phenols is 1. The molecule has 0 atom stereocenters. The number of para-hydroxylation sites is 2. The highest BCUT2D eigenvalue weighted by Crippen LogP contribution is 2.22. The van der Waals surface area contributed by atoms with E-state index in [-0.39, 0.29) is 35.8 Å². The van der Waals surface area contributed by atoms with E-state index in [0.29, 0.717) is 0 Å². The maximum Gasteiger partial charge on any atom is 0.347 e. The van der Waals surface area contributed by atoms with Gasteiger partial charge in [0.1, 0.15) is 17.1 Å². The molecule has 6 nitrogen and oxygen atoms in total. The minimum Gasteiger partial charge on any atom is -0.507 e. The number of aliphatic hydroxyl groups excluding tert-OH is 1. The van der Waals surface area contributed by atoms with Gasteiger partial charge in [-0.15, -0.1) is 0 Å². The molecule has 2 aromatic rings. The first-order valence-corrected chi connectivity index (χ1v) is 6.61. The van der Waals surface area contributed by atoms with Crippen LogP contribution in [0.3, 0.4) is 0 Å². The van der Waals surface area contributed by atoms with Gasteiger partial charge in [0.25, 0.3) is 5.91 Å². The Labute approximate surface area is 127 Å². The van der Waals surface area contributed by atoms with Crippen LogP contribution in [0, 0.1) is 0 Å². The van der Waals surface area contributed by atoms with Crippen molar-refractivity contribution in [2.24, 2.45) is 0 Å². The number of amides is 1. The summed E-state index contributed by atoms with van der Waals surface area (Å²) in [5.41, 5.74) is 0.174. The summed E-state index contributed by atoms with van der Waals surface area (Å²) >= 11 is 0. The number of hydrogen-bond donors (Lipinski definition) is 3. The maximum atomic E-state index is 12.1. The molecule has 0 aliphatic rings. The fraction of sp³-hybridized carbons (Fsp3) is 0.125. The molecule has 0 unspecified atom stereocenters. The standard InChI is InChI=1S/C16H15NO5/c18-10-9-17-15(20)12-6-2-4-8-14(12)22-16(21)11-5-1-3-7-13(11)19/h1-8,18-19H,9-10H2,(H,17,20). The van der Waals surface area contributed by atoms with Gasteiger partial charge in [-0.05, 0) is 24.3 Å². The lowest BCUT2D eigenvalue weighted by atomic mass is 10.1. The number of aliphatic hydroxyl groups is 1. The average Bonchev–Trinajstić information content (AvgIpc) is 2.53. The van der Waals surface area contributed by atoms with Crippen molar-refractivity contribution in [2.75, 3.05) is 13.2 Å². The molecule has 0 heterocycles. The van der Waals surface area contributed by atoms with Crippen LogP contribution in [0.25, 0.3) is 0 Å². The van der Waals surface area contributed by atoms with Gasteiger partial charge in [-0.1, -0.05) is 24.3 Å². The lowest BCUT2D eigenvalue weighted by molar-refractivity contribution is 0.0729. The molecule has 2 rings (SSSR count). The molecule has 0 saturated heterocycles. The summed E-state index contributed by atoms with van der Waals surface area (Å²) in [6.07, 6.45) is 0. The Balaban J connectivity index is 2.21. The van der Waals surface area contributed by atoms with Gasteiger partial charge < -0.3 is 20.3 Å². The highest BCUT2D eigenvalue weighted by molar-refractivity contribution is 5.99. The highest BCUT2D eigenvalue weighted by Gasteiger charge is 2.17. The molecule has 0 fully saturated rings. The average molecular weight is 301 g/mol. The molecule has 0 radical (unpaired) electrons. The molecule has 0 aliphatic carbocycles. The molecule has 0 spiro atoms. The number of nitrogens with one attached hydrogen (secondary N) is 1. The third-order valence-electron chi connectivity index (χ3n) is 2.86. The monoisotopic (exact) mass is 301 g/mol. The molecular weight excluding hydrogens is 286 g/mol. The summed E-state index contributed by atoms with van der Waals surface area (Å²) < 4.78 is 5.19. The number of ether oxygens (including phenoxy) is 1. The number of carbonyl (C=O) groups excluding carboxylic acids is 2. The van der Waals surface area contributed by atoms with E-state index in [4.69, 9.17) is 9.84 Å². The minimum absolute atomic E-state index is 0.00747. The molecule has 2 aromatic carbocycles. The van der Waals surface area contributed by atoms with Crippen LogP contribution in [-0.2, 0) is 0 Å². The van der Waals surface area contributed by atoms with Crippen LogP contribution in [0.5, 0.6) is 11.5 Å². The Kier molecular flexibility index (Phi) is 5.11. The zero-order valence-electron chi connectivity index (χ0n) is 11.7. The molecular formula is C16H15NO5. The third kappa shape index (κ3) is 3.62. The van der Waals surface area contributed by atoms with E-state index >= 15 is 0 Å². The summed E-state index contributed by atoms with van der Waals surface area (Å²) in [6, 6.07) is 12.2. The second-order valence-corrected chi connectivity index (χ2v) is 4.38. The summed E-state index contributed by atoms with van der Waals surface area (Å²) in [5.74, 6) is -1.35. The van der Waals surface area contributed by atoms with Crippen molar-refractivity contribution < 1.29 is 24.5 Å². The summed E-state index contributed by atoms with van der Waals surface area (Å²) in [6.45, 7) is -0.0911. The first-order chi connectivity index (χ1) is 10.6. The van der Waals surface area contributed by atoms with Crippen LogP contribution in [0.1, 0.15) is 20.7 Å². The van der Waals surface area contributed by atoms with Gasteiger partial charge in [0.15, 0.2) is 0 Å². The topological polar surface area (TPSA) is 95.9 Å². The SMILES string of the molecule is O=C(Oc1ccccc1C(=O)NCCO)c1ccccc1O. The van der Waals surface area contributed by atoms with E-state index in [2.05, 4.69) is 5.32 Å². The Hall–Kier alpha value is -2.86. The second kappa shape index (κ2) is 7.24. The van der Waals surface area contributed by atoms with Crippen molar-refractivity contribution >= 4 is 11.9 Å². The third-order valence-corrected chi connectivity index (χ3v) is 2.86. The van der Waals surface area contributed by atoms with Gasteiger partial charge in [0.2, 0.25) is 0 Å². The van der Waals surface area contributed by atoms with Gasteiger partial charge in [0, 0.05) is 6.54 Å². The zero-order valence-corrected chi connectivity index (χ0v) is 11.7. The van der Waals surface area contributed by atoms with Gasteiger partial charge in [-0.3, -0.25) is 4.79 Å². The predicted octanol–water partition coefficient (Wildman–Crippen LogP) is 1.33. The summed E-state index contributed by atoms with van der Waals surface area (Å²) in [7, 11) is 0. The van der Waals surface area contributed by atoms with Gasteiger partial charge in [0.05, 0.1) is 12.2 Å². The lowest BCUT2D eigenvalue weighted by Gasteiger charge is -2.10. The number of rotatable bonds is 5. The number of carbonyl (C=O) groups is 2. The first-order valence-electron chi connectivity index (χ1n) is 6.61. The minimum atomic E-state index is -0.763. The number of esters is 1. The largest absolute Gasteiger partial charge is 0.507 e. The number of phenolic OH excluding ortho intramolecular Hbond substituents is 1. The number of aromatic hydroxyl groups is 1. The van der Waals surface area contributed by atoms with Gasteiger partial charge in [-0.25, -0.2) is 4.79 Å². The second-order valence-electron chi connectivity index (χ2n) is 4.38. The summed E-state index contributed by atoms with van der Waals surface area (Å²) in [4.78, 5) is 24.0. The molecule has 6 heteroatoms. The predicted molar refractivity (Wildman–Crippen MR) is 78.9 cm³/mol. The van der Waals surface area contributed by atoms with E-state index in [1.54, 1.807) is 24.3 Å². The maximum absolute atomic E-state index is 12.1. The molecule has 3 N–H and O–H groups in total. The molecule has 114 valence electrons. The van der Waals surface area contributed by atoms with Crippen molar-refractivity contribution in [3.05, 3.63) is 59.7 Å². The Morgan fingerprint density at radius 2 is 1.64 bits per heavy atom. The molecule has 0 aliphatic heterocycles. The van der Waals surface area contributed by atoms with Crippen LogP contribution >= 0.6 is 0 Å². The van der Waals surface area contributed by atoms with Crippen LogP contribution in [-0.4, -0.2) is 35.2 Å². The Bertz CT molecular complexity index is 684. The normalized spacial score (nSPS) is 10.0. The molecule has 0 saturated carbocycles. The van der Waals surface area contributed by atoms with Crippen molar-refractivity contribution in [3.8, 4) is 11.5 Å². The smallest absolute Gasteiger partial charge is 0.347 e. The van der Waals surface area contributed by atoms with E-state index in [1.165, 1.54) is 24.3 Å². The van der Waals surface area contributed by atoms with E-state index in [9.17, 15) is 14.7 Å². The highest BCUT2D eigenvalue weighted by atomic mass is 16.5. The molecule has 0 bridgehead atoms. The van der Waals surface area contributed by atoms with Crippen LogP contribution in [0.15, 0.2) is 48.5 Å². The molecule has 22 heavy (non-hydrogen) atoms. The van der Waals surface area contributed by atoms with Crippen molar-refractivity contribution in [1.82, 2.24) is 5.32 Å². The van der Waals surface area contributed by atoms with Crippen LogP contribution in [0.2, 0.25) is 0 Å². The number of hydrogen-bond acceptors (Lipinski definition) is 5. The zero-order chi connectivity index (χ0) is 15.9. The van der Waals surface area contributed by atoms with Crippen molar-refractivity contribution in [2.45, 2.75) is 0 Å². The lowest BCUT2D eigenvalue weighted by Crippen LogP contribution is -2.27. The van der Waals surface area contributed by atoms with Gasteiger partial charge >= 0.3 is 5.97 Å². The molecule has 0 aromatic heterocycles. The Morgan fingerprint density at radius 3 is 2.32 bits per heavy atom. The van der Waals surface area contributed by atoms with Crippen molar-refractivity contribution in [3.63, 3.8) is 0 Å². The first kappa shape index (κ1) is 15.5. The van der Waals surface area contributed by atoms with E-state index < -0.39 is 11.9 Å². The number of benzene rings is 2. The van der Waals surface area contributed by atoms with Crippen LogP contribution < -0.4 is 10.1 Å². The van der Waals surface area contributed by atoms with Crippen molar-refractivity contribution in [1.29, 1.82) is 0 Å². The molecule has 1 amide bonds. The van der Waals surface area contributed by atoms with E-state index in [0.717, 1.165) is 0 Å². The fourth-order valence-corrected chi connectivity index (χ4v) is 1.81. The van der Waals surface area contributed by atoms with E-state index in [1.807, 2.05) is 0 Å². The fourth-order valence-electron chi connectivity index (χ4n) is 1.81. The summed E-state index contributed by atoms with van der Waals surface area (Å²) in [5, 5.41) is 20.9. The van der Waals surface area contributed by atoms with Gasteiger partial charge in [-0.2, -0.15) is 0 Å².